The Balaban J connectivity index is 3.39. The molecule has 12 heavy (non-hydrogen) atoms. The fraction of sp³-hybridized carbons (Fsp3) is 0.714. The highest BCUT2D eigenvalue weighted by atomic mass is 16.5. The number of hydrogen-bond donors (Lipinski definition) is 2. The van der Waals surface area contributed by atoms with Crippen LogP contribution in [-0.2, 0) is 14.3 Å². The molecule has 0 heterocycles. The number of esters is 1. The molecule has 0 aromatic carbocycles. The van der Waals surface area contributed by atoms with E-state index in [0.29, 0.717) is 0 Å². The monoisotopic (exact) mass is 175 g/mol. The van der Waals surface area contributed by atoms with Crippen LogP contribution < -0.4 is 5.32 Å². The van der Waals surface area contributed by atoms with Crippen molar-refractivity contribution < 1.29 is 19.4 Å². The Morgan fingerprint density at radius 3 is 2.50 bits per heavy atom. The lowest BCUT2D eigenvalue weighted by Gasteiger charge is -2.09. The first kappa shape index (κ1) is 10.9. The molecule has 0 aromatic rings. The highest BCUT2D eigenvalue weighted by Crippen LogP contribution is 1.84. The van der Waals surface area contributed by atoms with Crippen LogP contribution in [0.3, 0.4) is 0 Å². The second-order valence-corrected chi connectivity index (χ2v) is 2.39. The lowest BCUT2D eigenvalue weighted by Crippen LogP contribution is -2.33. The highest BCUT2D eigenvalue weighted by Gasteiger charge is 2.05. The summed E-state index contributed by atoms with van der Waals surface area (Å²) in [6.45, 7) is 2.61. The number of carbonyl (C=O) groups is 2. The number of hydrogen-bond acceptors (Lipinski definition) is 4. The predicted molar refractivity (Wildman–Crippen MR) is 41.3 cm³/mol. The van der Waals surface area contributed by atoms with Gasteiger partial charge in [-0.25, -0.2) is 0 Å². The Kier molecular flexibility index (Phi) is 5.03. The third-order valence-corrected chi connectivity index (χ3v) is 1.07. The number of carbonyl (C=O) groups excluding carboxylic acids is 2. The van der Waals surface area contributed by atoms with Gasteiger partial charge in [0.05, 0.1) is 0 Å². The summed E-state index contributed by atoms with van der Waals surface area (Å²) in [6.07, 6.45) is -0.835. The molecule has 1 atom stereocenters. The van der Waals surface area contributed by atoms with Gasteiger partial charge in [-0.05, 0) is 0 Å². The second-order valence-electron chi connectivity index (χ2n) is 2.39. The molecule has 0 aliphatic heterocycles. The Morgan fingerprint density at radius 1 is 1.50 bits per heavy atom. The van der Waals surface area contributed by atoms with Gasteiger partial charge in [0, 0.05) is 20.4 Å². The van der Waals surface area contributed by atoms with Crippen molar-refractivity contribution in [1.82, 2.24) is 5.32 Å². The van der Waals surface area contributed by atoms with Crippen LogP contribution in [0.15, 0.2) is 0 Å². The summed E-state index contributed by atoms with van der Waals surface area (Å²) in [5.41, 5.74) is 0. The van der Waals surface area contributed by atoms with E-state index in [2.05, 4.69) is 10.1 Å². The normalized spacial score (nSPS) is 11.9. The lowest BCUT2D eigenvalue weighted by molar-refractivity contribution is -0.143. The third-order valence-electron chi connectivity index (χ3n) is 1.07. The van der Waals surface area contributed by atoms with Crippen LogP contribution in [0.1, 0.15) is 13.8 Å². The quantitative estimate of drug-likeness (QED) is 0.540. The number of nitrogens with one attached hydrogen (secondary N) is 1. The van der Waals surface area contributed by atoms with E-state index in [1.54, 1.807) is 0 Å². The van der Waals surface area contributed by atoms with Gasteiger partial charge in [0.1, 0.15) is 12.7 Å². The van der Waals surface area contributed by atoms with Gasteiger partial charge in [0.25, 0.3) is 0 Å². The molecule has 0 aromatic heterocycles. The molecular formula is C7H13NO4. The number of rotatable bonds is 4. The topological polar surface area (TPSA) is 75.6 Å². The first-order valence-corrected chi connectivity index (χ1v) is 3.58. The average molecular weight is 175 g/mol. The molecule has 5 heteroatoms. The first-order chi connectivity index (χ1) is 5.52. The molecule has 1 unspecified atom stereocenters. The summed E-state index contributed by atoms with van der Waals surface area (Å²) < 4.78 is 4.50. The molecule has 0 spiro atoms. The van der Waals surface area contributed by atoms with Crippen molar-refractivity contribution in [3.05, 3.63) is 0 Å². The molecular weight excluding hydrogens is 162 g/mol. The fourth-order valence-corrected chi connectivity index (χ4v) is 0.534. The zero-order chi connectivity index (χ0) is 9.56. The third kappa shape index (κ3) is 7.01. The van der Waals surface area contributed by atoms with Crippen LogP contribution in [0.4, 0.5) is 0 Å². The molecule has 2 N–H and O–H groups in total. The van der Waals surface area contributed by atoms with Crippen LogP contribution in [0.2, 0.25) is 0 Å². The molecule has 0 radical (unpaired) electrons. The summed E-state index contributed by atoms with van der Waals surface area (Å²) in [6, 6.07) is 0. The minimum absolute atomic E-state index is 0.0877. The number of amides is 1. The van der Waals surface area contributed by atoms with Gasteiger partial charge in [0.2, 0.25) is 5.91 Å². The smallest absolute Gasteiger partial charge is 0.302 e. The van der Waals surface area contributed by atoms with E-state index in [0.717, 1.165) is 0 Å². The van der Waals surface area contributed by atoms with E-state index in [-0.39, 0.29) is 19.1 Å². The second kappa shape index (κ2) is 5.54. The highest BCUT2D eigenvalue weighted by molar-refractivity contribution is 5.72. The van der Waals surface area contributed by atoms with Gasteiger partial charge in [-0.15, -0.1) is 0 Å². The van der Waals surface area contributed by atoms with Crippen molar-refractivity contribution in [3.63, 3.8) is 0 Å². The van der Waals surface area contributed by atoms with E-state index in [1.807, 2.05) is 0 Å². The van der Waals surface area contributed by atoms with E-state index in [9.17, 15) is 9.59 Å². The van der Waals surface area contributed by atoms with Crippen LogP contribution in [0.5, 0.6) is 0 Å². The largest absolute Gasteiger partial charge is 0.463 e. The predicted octanol–water partition coefficient (Wildman–Crippen LogP) is -0.954. The van der Waals surface area contributed by atoms with Crippen LogP contribution >= 0.6 is 0 Å². The maximum atomic E-state index is 10.4. The van der Waals surface area contributed by atoms with Crippen LogP contribution in [0.25, 0.3) is 0 Å². The summed E-state index contributed by atoms with van der Waals surface area (Å²) in [5.74, 6) is -0.672. The molecule has 0 saturated carbocycles. The molecule has 0 aliphatic rings. The standard InChI is InChI=1S/C7H13NO4/c1-5(9)8-3-7(11)4-12-6(2)10/h7,11H,3-4H2,1-2H3,(H,8,9). The zero-order valence-corrected chi connectivity index (χ0v) is 7.16. The van der Waals surface area contributed by atoms with Crippen molar-refractivity contribution in [2.24, 2.45) is 0 Å². The molecule has 0 bridgehead atoms. The first-order valence-electron chi connectivity index (χ1n) is 3.58. The molecule has 5 nitrogen and oxygen atoms in total. The summed E-state index contributed by atoms with van der Waals surface area (Å²) >= 11 is 0. The van der Waals surface area contributed by atoms with Gasteiger partial charge in [-0.1, -0.05) is 0 Å². The van der Waals surface area contributed by atoms with Gasteiger partial charge in [-0.2, -0.15) is 0 Å². The Morgan fingerprint density at radius 2 is 2.08 bits per heavy atom. The van der Waals surface area contributed by atoms with Crippen molar-refractivity contribution >= 4 is 11.9 Å². The SMILES string of the molecule is CC(=O)NCC(O)COC(C)=O. The van der Waals surface area contributed by atoms with Crippen molar-refractivity contribution in [2.75, 3.05) is 13.2 Å². The van der Waals surface area contributed by atoms with E-state index >= 15 is 0 Å². The number of ether oxygens (including phenoxy) is 1. The Hall–Kier alpha value is -1.10. The number of aliphatic hydroxyl groups excluding tert-OH is 1. The number of aliphatic hydroxyl groups is 1. The Bertz CT molecular complexity index is 151. The van der Waals surface area contributed by atoms with Crippen LogP contribution in [0, 0.1) is 0 Å². The fourth-order valence-electron chi connectivity index (χ4n) is 0.534. The summed E-state index contributed by atoms with van der Waals surface area (Å²) in [7, 11) is 0. The van der Waals surface area contributed by atoms with Crippen LogP contribution in [-0.4, -0.2) is 36.2 Å². The van der Waals surface area contributed by atoms with Gasteiger partial charge in [-0.3, -0.25) is 9.59 Å². The molecule has 0 saturated heterocycles. The molecule has 70 valence electrons. The Labute approximate surface area is 70.7 Å². The van der Waals surface area contributed by atoms with Gasteiger partial charge >= 0.3 is 5.97 Å². The minimum atomic E-state index is -0.835. The zero-order valence-electron chi connectivity index (χ0n) is 7.16. The summed E-state index contributed by atoms with van der Waals surface area (Å²) in [4.78, 5) is 20.6. The average Bonchev–Trinajstić information content (AvgIpc) is 1.96. The minimum Gasteiger partial charge on any atom is -0.463 e. The van der Waals surface area contributed by atoms with Crippen molar-refractivity contribution in [1.29, 1.82) is 0 Å². The van der Waals surface area contributed by atoms with E-state index < -0.39 is 12.1 Å². The maximum Gasteiger partial charge on any atom is 0.302 e. The van der Waals surface area contributed by atoms with Gasteiger partial charge < -0.3 is 15.2 Å². The van der Waals surface area contributed by atoms with E-state index in [1.165, 1.54) is 13.8 Å². The molecule has 0 fully saturated rings. The lowest BCUT2D eigenvalue weighted by atomic mass is 10.4. The molecule has 0 aliphatic carbocycles. The van der Waals surface area contributed by atoms with Crippen molar-refractivity contribution in [2.45, 2.75) is 20.0 Å². The molecule has 1 amide bonds. The van der Waals surface area contributed by atoms with E-state index in [4.69, 9.17) is 5.11 Å². The molecule has 0 rings (SSSR count). The maximum absolute atomic E-state index is 10.4. The van der Waals surface area contributed by atoms with Gasteiger partial charge in [0.15, 0.2) is 0 Å². The summed E-state index contributed by atoms with van der Waals surface area (Å²) in [5, 5.41) is 11.4. The van der Waals surface area contributed by atoms with Crippen molar-refractivity contribution in [3.8, 4) is 0 Å².